The van der Waals surface area contributed by atoms with Crippen molar-refractivity contribution in [2.45, 2.75) is 44.7 Å². The maximum absolute atomic E-state index is 12.9. The predicted octanol–water partition coefficient (Wildman–Crippen LogP) is 3.89. The molecule has 1 aromatic carbocycles. The largest absolute Gasteiger partial charge is 0.459 e. The van der Waals surface area contributed by atoms with Crippen LogP contribution in [0.2, 0.25) is 0 Å². The maximum Gasteiger partial charge on any atom is 0.287 e. The number of hydrogen-bond acceptors (Lipinski definition) is 5. The van der Waals surface area contributed by atoms with E-state index in [2.05, 4.69) is 16.0 Å². The molecule has 2 aromatic heterocycles. The maximum atomic E-state index is 12.9. The van der Waals surface area contributed by atoms with Gasteiger partial charge in [-0.15, -0.1) is 0 Å². The molecule has 8 heteroatoms. The van der Waals surface area contributed by atoms with E-state index in [0.29, 0.717) is 12.3 Å². The van der Waals surface area contributed by atoms with Gasteiger partial charge in [0.25, 0.3) is 11.8 Å². The highest BCUT2D eigenvalue weighted by atomic mass is 16.4. The number of carbonyl (C=O) groups excluding carboxylic acids is 3. The normalized spacial score (nSPS) is 14.9. The highest BCUT2D eigenvalue weighted by Crippen LogP contribution is 2.28. The molecule has 4 rings (SSSR count). The van der Waals surface area contributed by atoms with Crippen molar-refractivity contribution in [2.75, 3.05) is 7.05 Å². The average molecular weight is 464 g/mol. The van der Waals surface area contributed by atoms with Crippen molar-refractivity contribution in [1.82, 2.24) is 16.0 Å². The topological polar surface area (TPSA) is 114 Å². The van der Waals surface area contributed by atoms with Gasteiger partial charge in [-0.05, 0) is 54.7 Å². The molecule has 0 saturated heterocycles. The lowest BCUT2D eigenvalue weighted by atomic mass is 9.83. The standard InChI is InChI=1S/C26H29N3O5/c1-27-26(32)23(18-8-3-2-4-9-18)29-25(31)22-13-12-20(34-22)19-10-5-7-17(15-19)16-28-24(30)21-11-6-14-33-21/h5-7,10-15,18,23H,2-4,8-9,16H2,1H3,(H,27,32)(H,28,30)(H,29,31). The highest BCUT2D eigenvalue weighted by molar-refractivity contribution is 5.96. The number of hydrogen-bond donors (Lipinski definition) is 3. The predicted molar refractivity (Wildman–Crippen MR) is 126 cm³/mol. The molecule has 1 unspecified atom stereocenters. The Bertz CT molecular complexity index is 1130. The van der Waals surface area contributed by atoms with Crippen LogP contribution in [0.5, 0.6) is 0 Å². The lowest BCUT2D eigenvalue weighted by Gasteiger charge is -2.29. The van der Waals surface area contributed by atoms with E-state index in [-0.39, 0.29) is 29.3 Å². The molecule has 1 atom stereocenters. The van der Waals surface area contributed by atoms with Crippen molar-refractivity contribution >= 4 is 17.7 Å². The molecule has 1 aliphatic rings. The first-order valence-electron chi connectivity index (χ1n) is 11.6. The average Bonchev–Trinajstić information content (AvgIpc) is 3.59. The van der Waals surface area contributed by atoms with E-state index in [0.717, 1.165) is 43.2 Å². The molecule has 3 amide bonds. The van der Waals surface area contributed by atoms with Crippen LogP contribution in [-0.2, 0) is 11.3 Å². The molecule has 0 spiro atoms. The second-order valence-electron chi connectivity index (χ2n) is 8.49. The minimum atomic E-state index is -0.576. The summed E-state index contributed by atoms with van der Waals surface area (Å²) in [5, 5.41) is 8.35. The number of furan rings is 2. The minimum absolute atomic E-state index is 0.125. The molecule has 0 bridgehead atoms. The van der Waals surface area contributed by atoms with Gasteiger partial charge in [0.05, 0.1) is 6.26 Å². The Morgan fingerprint density at radius 3 is 2.53 bits per heavy atom. The van der Waals surface area contributed by atoms with Gasteiger partial charge in [0.1, 0.15) is 11.8 Å². The van der Waals surface area contributed by atoms with Crippen LogP contribution in [0.4, 0.5) is 0 Å². The van der Waals surface area contributed by atoms with Gasteiger partial charge in [-0.2, -0.15) is 0 Å². The highest BCUT2D eigenvalue weighted by Gasteiger charge is 2.31. The van der Waals surface area contributed by atoms with E-state index in [1.807, 2.05) is 24.3 Å². The minimum Gasteiger partial charge on any atom is -0.459 e. The molecule has 0 aliphatic heterocycles. The summed E-state index contributed by atoms with van der Waals surface area (Å²) in [7, 11) is 1.58. The van der Waals surface area contributed by atoms with Crippen LogP contribution < -0.4 is 16.0 Å². The van der Waals surface area contributed by atoms with Gasteiger partial charge in [-0.25, -0.2) is 0 Å². The monoisotopic (exact) mass is 463 g/mol. The van der Waals surface area contributed by atoms with Crippen molar-refractivity contribution in [2.24, 2.45) is 5.92 Å². The summed E-state index contributed by atoms with van der Waals surface area (Å²) >= 11 is 0. The molecule has 178 valence electrons. The van der Waals surface area contributed by atoms with Crippen LogP contribution in [0.3, 0.4) is 0 Å². The first kappa shape index (κ1) is 23.4. The van der Waals surface area contributed by atoms with Crippen molar-refractivity contribution in [1.29, 1.82) is 0 Å². The quantitative estimate of drug-likeness (QED) is 0.469. The smallest absolute Gasteiger partial charge is 0.287 e. The Kier molecular flexibility index (Phi) is 7.47. The summed E-state index contributed by atoms with van der Waals surface area (Å²) in [6, 6.07) is 13.5. The molecule has 8 nitrogen and oxygen atoms in total. The molecule has 3 N–H and O–H groups in total. The molecule has 34 heavy (non-hydrogen) atoms. The van der Waals surface area contributed by atoms with E-state index in [9.17, 15) is 14.4 Å². The molecule has 0 radical (unpaired) electrons. The third-order valence-electron chi connectivity index (χ3n) is 6.18. The molecule has 2 heterocycles. The number of likely N-dealkylation sites (N-methyl/N-ethyl adjacent to an activating group) is 1. The van der Waals surface area contributed by atoms with Gasteiger partial charge in [0, 0.05) is 19.2 Å². The Morgan fingerprint density at radius 1 is 0.971 bits per heavy atom. The van der Waals surface area contributed by atoms with Crippen molar-refractivity contribution in [3.05, 3.63) is 71.9 Å². The number of benzene rings is 1. The SMILES string of the molecule is CNC(=O)C(NC(=O)c1ccc(-c2cccc(CNC(=O)c3ccco3)c2)o1)C1CCCCC1. The van der Waals surface area contributed by atoms with E-state index >= 15 is 0 Å². The van der Waals surface area contributed by atoms with Crippen LogP contribution in [0, 0.1) is 5.92 Å². The summed E-state index contributed by atoms with van der Waals surface area (Å²) < 4.78 is 10.9. The summed E-state index contributed by atoms with van der Waals surface area (Å²) in [5.41, 5.74) is 1.65. The molecule has 1 fully saturated rings. The number of carbonyl (C=O) groups is 3. The Morgan fingerprint density at radius 2 is 1.79 bits per heavy atom. The molecule has 1 aliphatic carbocycles. The number of amides is 3. The fourth-order valence-electron chi connectivity index (χ4n) is 4.36. The van der Waals surface area contributed by atoms with E-state index in [1.165, 1.54) is 6.26 Å². The molecular weight excluding hydrogens is 434 g/mol. The summed E-state index contributed by atoms with van der Waals surface area (Å²) in [6.07, 6.45) is 6.59. The van der Waals surface area contributed by atoms with Crippen LogP contribution in [0.1, 0.15) is 58.8 Å². The van der Waals surface area contributed by atoms with Crippen LogP contribution in [0.25, 0.3) is 11.3 Å². The first-order chi connectivity index (χ1) is 16.5. The van der Waals surface area contributed by atoms with Gasteiger partial charge < -0.3 is 24.8 Å². The number of nitrogens with one attached hydrogen (secondary N) is 3. The summed E-state index contributed by atoms with van der Waals surface area (Å²) in [5.74, 6) is 0.163. The molecule has 3 aromatic rings. The zero-order valence-corrected chi connectivity index (χ0v) is 19.1. The van der Waals surface area contributed by atoms with E-state index in [1.54, 1.807) is 31.3 Å². The van der Waals surface area contributed by atoms with Crippen molar-refractivity contribution in [3.8, 4) is 11.3 Å². The second kappa shape index (κ2) is 10.9. The number of rotatable bonds is 8. The fraction of sp³-hybridized carbons (Fsp3) is 0.346. The van der Waals surface area contributed by atoms with Crippen LogP contribution >= 0.6 is 0 Å². The molecule has 1 saturated carbocycles. The van der Waals surface area contributed by atoms with Crippen molar-refractivity contribution in [3.63, 3.8) is 0 Å². The Labute approximate surface area is 198 Å². The Hall–Kier alpha value is -3.81. The van der Waals surface area contributed by atoms with Gasteiger partial charge in [-0.1, -0.05) is 37.5 Å². The lowest BCUT2D eigenvalue weighted by molar-refractivity contribution is -0.124. The zero-order valence-electron chi connectivity index (χ0n) is 19.1. The fourth-order valence-corrected chi connectivity index (χ4v) is 4.36. The summed E-state index contributed by atoms with van der Waals surface area (Å²) in [6.45, 7) is 0.316. The van der Waals surface area contributed by atoms with Gasteiger partial charge in [-0.3, -0.25) is 14.4 Å². The zero-order chi connectivity index (χ0) is 23.9. The third-order valence-corrected chi connectivity index (χ3v) is 6.18. The molecular formula is C26H29N3O5. The van der Waals surface area contributed by atoms with Gasteiger partial charge in [0.2, 0.25) is 5.91 Å². The van der Waals surface area contributed by atoms with Crippen molar-refractivity contribution < 1.29 is 23.2 Å². The first-order valence-corrected chi connectivity index (χ1v) is 11.6. The summed E-state index contributed by atoms with van der Waals surface area (Å²) in [4.78, 5) is 37.4. The van der Waals surface area contributed by atoms with Gasteiger partial charge in [0.15, 0.2) is 11.5 Å². The second-order valence-corrected chi connectivity index (χ2v) is 8.49. The van der Waals surface area contributed by atoms with Gasteiger partial charge >= 0.3 is 0 Å². The Balaban J connectivity index is 1.42. The van der Waals surface area contributed by atoms with E-state index < -0.39 is 11.9 Å². The lowest BCUT2D eigenvalue weighted by Crippen LogP contribution is -2.50. The third kappa shape index (κ3) is 5.57. The van der Waals surface area contributed by atoms with Crippen LogP contribution in [-0.4, -0.2) is 30.8 Å². The van der Waals surface area contributed by atoms with Crippen LogP contribution in [0.15, 0.2) is 63.6 Å². The van der Waals surface area contributed by atoms with E-state index in [4.69, 9.17) is 8.83 Å².